The van der Waals surface area contributed by atoms with Crippen LogP contribution in [0.15, 0.2) is 48.7 Å². The molecule has 0 saturated carbocycles. The Labute approximate surface area is 122 Å². The number of amides is 1. The van der Waals surface area contributed by atoms with Gasteiger partial charge in [0.2, 0.25) is 0 Å². The van der Waals surface area contributed by atoms with Crippen LogP contribution in [0.4, 0.5) is 5.69 Å². The smallest absolute Gasteiger partial charge is 0.262 e. The Bertz CT molecular complexity index is 652. The molecule has 0 aliphatic carbocycles. The Morgan fingerprint density at radius 2 is 2.00 bits per heavy atom. The summed E-state index contributed by atoms with van der Waals surface area (Å²) < 4.78 is 0. The van der Waals surface area contributed by atoms with Gasteiger partial charge in [0.15, 0.2) is 0 Å². The molecule has 2 rings (SSSR count). The summed E-state index contributed by atoms with van der Waals surface area (Å²) in [5.41, 5.74) is 0.923. The van der Waals surface area contributed by atoms with Crippen LogP contribution in [0.2, 0.25) is 5.15 Å². The predicted molar refractivity (Wildman–Crippen MR) is 77.6 cm³/mol. The zero-order chi connectivity index (χ0) is 14.5. The molecule has 1 aromatic carbocycles. The van der Waals surface area contributed by atoms with Crippen molar-refractivity contribution in [3.63, 3.8) is 0 Å². The third kappa shape index (κ3) is 2.79. The fraction of sp³-hybridized carbons (Fsp3) is 0.133. The number of halogens is 1. The highest BCUT2D eigenvalue weighted by atomic mass is 35.5. The van der Waals surface area contributed by atoms with E-state index < -0.39 is 6.04 Å². The maximum Gasteiger partial charge on any atom is 0.262 e. The molecule has 1 heterocycles. The summed E-state index contributed by atoms with van der Waals surface area (Å²) in [4.78, 5) is 17.9. The quantitative estimate of drug-likeness (QED) is 0.813. The number of hydrogen-bond donors (Lipinski definition) is 0. The highest BCUT2D eigenvalue weighted by Crippen LogP contribution is 2.22. The van der Waals surface area contributed by atoms with Crippen molar-refractivity contribution in [2.24, 2.45) is 0 Å². The van der Waals surface area contributed by atoms with Gasteiger partial charge in [-0.05, 0) is 31.2 Å². The number of anilines is 1. The van der Waals surface area contributed by atoms with Gasteiger partial charge < -0.3 is 0 Å². The fourth-order valence-electron chi connectivity index (χ4n) is 1.84. The number of nitriles is 1. The van der Waals surface area contributed by atoms with Crippen molar-refractivity contribution in [1.82, 2.24) is 4.98 Å². The van der Waals surface area contributed by atoms with Gasteiger partial charge in [-0.2, -0.15) is 5.26 Å². The lowest BCUT2D eigenvalue weighted by atomic mass is 10.1. The minimum absolute atomic E-state index is 0.128. The summed E-state index contributed by atoms with van der Waals surface area (Å²) in [6, 6.07) is 13.7. The van der Waals surface area contributed by atoms with Crippen LogP contribution >= 0.6 is 11.6 Å². The van der Waals surface area contributed by atoms with Crippen molar-refractivity contribution in [2.75, 3.05) is 4.90 Å². The van der Waals surface area contributed by atoms with Crippen molar-refractivity contribution >= 4 is 23.2 Å². The lowest BCUT2D eigenvalue weighted by Crippen LogP contribution is -2.38. The number of aromatic nitrogens is 1. The zero-order valence-corrected chi connectivity index (χ0v) is 11.6. The van der Waals surface area contributed by atoms with Crippen LogP contribution in [0.3, 0.4) is 0 Å². The van der Waals surface area contributed by atoms with Gasteiger partial charge in [-0.3, -0.25) is 9.69 Å². The van der Waals surface area contributed by atoms with Gasteiger partial charge in [0, 0.05) is 11.9 Å². The van der Waals surface area contributed by atoms with Crippen LogP contribution in [0.1, 0.15) is 17.3 Å². The SMILES string of the molecule is C[C@H](C#N)N(C(=O)c1cccnc1Cl)c1ccccc1. The molecule has 0 fully saturated rings. The molecule has 0 N–H and O–H groups in total. The van der Waals surface area contributed by atoms with Crippen molar-refractivity contribution in [3.05, 3.63) is 59.4 Å². The lowest BCUT2D eigenvalue weighted by molar-refractivity contribution is 0.0983. The summed E-state index contributed by atoms with van der Waals surface area (Å²) in [5.74, 6) is -0.344. The van der Waals surface area contributed by atoms with Gasteiger partial charge in [0.25, 0.3) is 5.91 Å². The summed E-state index contributed by atoms with van der Waals surface area (Å²) in [6.45, 7) is 1.66. The molecule has 0 spiro atoms. The van der Waals surface area contributed by atoms with Crippen molar-refractivity contribution in [1.29, 1.82) is 5.26 Å². The normalized spacial score (nSPS) is 11.4. The molecule has 0 aliphatic heterocycles. The number of hydrogen-bond acceptors (Lipinski definition) is 3. The van der Waals surface area contributed by atoms with Crippen LogP contribution in [-0.4, -0.2) is 16.9 Å². The van der Waals surface area contributed by atoms with Crippen LogP contribution < -0.4 is 4.90 Å². The second kappa shape index (κ2) is 6.18. The van der Waals surface area contributed by atoms with Gasteiger partial charge >= 0.3 is 0 Å². The summed E-state index contributed by atoms with van der Waals surface area (Å²) in [7, 11) is 0. The monoisotopic (exact) mass is 285 g/mol. The first kappa shape index (κ1) is 14.0. The van der Waals surface area contributed by atoms with Gasteiger partial charge in [-0.15, -0.1) is 0 Å². The third-order valence-corrected chi connectivity index (χ3v) is 3.12. The van der Waals surface area contributed by atoms with Gasteiger partial charge in [-0.25, -0.2) is 4.98 Å². The molecule has 5 heteroatoms. The van der Waals surface area contributed by atoms with Crippen LogP contribution in [0.5, 0.6) is 0 Å². The summed E-state index contributed by atoms with van der Waals surface area (Å²) >= 11 is 5.96. The third-order valence-electron chi connectivity index (χ3n) is 2.82. The number of benzene rings is 1. The second-order valence-corrected chi connectivity index (χ2v) is 4.52. The number of rotatable bonds is 3. The van der Waals surface area contributed by atoms with Crippen LogP contribution in [0.25, 0.3) is 0 Å². The molecular weight excluding hydrogens is 274 g/mol. The Balaban J connectivity index is 2.46. The average Bonchev–Trinajstić information content (AvgIpc) is 2.48. The van der Waals surface area contributed by atoms with E-state index in [4.69, 9.17) is 16.9 Å². The molecule has 2 aromatic rings. The molecule has 0 radical (unpaired) electrons. The standard InChI is InChI=1S/C15H12ClN3O/c1-11(10-17)19(12-6-3-2-4-7-12)15(20)13-8-5-9-18-14(13)16/h2-9,11H,1H3/t11-/m1/s1. The summed E-state index contributed by atoms with van der Waals surface area (Å²) in [5, 5.41) is 9.27. The van der Waals surface area contributed by atoms with E-state index >= 15 is 0 Å². The molecule has 0 aliphatic rings. The van der Waals surface area contributed by atoms with E-state index in [1.54, 1.807) is 31.2 Å². The van der Waals surface area contributed by atoms with Crippen LogP contribution in [-0.2, 0) is 0 Å². The summed E-state index contributed by atoms with van der Waals surface area (Å²) in [6.07, 6.45) is 1.51. The maximum atomic E-state index is 12.6. The van der Waals surface area contributed by atoms with Gasteiger partial charge in [-0.1, -0.05) is 29.8 Å². The number of pyridine rings is 1. The highest BCUT2D eigenvalue weighted by Gasteiger charge is 2.24. The maximum absolute atomic E-state index is 12.6. The van der Waals surface area contributed by atoms with Crippen LogP contribution in [0, 0.1) is 11.3 Å². The molecule has 0 saturated heterocycles. The highest BCUT2D eigenvalue weighted by molar-refractivity contribution is 6.33. The van der Waals surface area contributed by atoms with E-state index in [0.717, 1.165) is 0 Å². The van der Waals surface area contributed by atoms with E-state index in [-0.39, 0.29) is 16.6 Å². The molecule has 0 unspecified atom stereocenters. The topological polar surface area (TPSA) is 57.0 Å². The largest absolute Gasteiger partial charge is 0.292 e. The second-order valence-electron chi connectivity index (χ2n) is 4.16. The fourth-order valence-corrected chi connectivity index (χ4v) is 2.04. The molecule has 0 bridgehead atoms. The Kier molecular flexibility index (Phi) is 4.34. The van der Waals surface area contributed by atoms with E-state index in [2.05, 4.69) is 11.1 Å². The van der Waals surface area contributed by atoms with E-state index in [9.17, 15) is 4.79 Å². The van der Waals surface area contributed by atoms with E-state index in [1.165, 1.54) is 11.1 Å². The number of carbonyl (C=O) groups excluding carboxylic acids is 1. The first-order chi connectivity index (χ1) is 9.65. The first-order valence-electron chi connectivity index (χ1n) is 6.04. The first-order valence-corrected chi connectivity index (χ1v) is 6.41. The number of para-hydroxylation sites is 1. The Hall–Kier alpha value is -2.38. The van der Waals surface area contributed by atoms with Gasteiger partial charge in [0.1, 0.15) is 11.2 Å². The predicted octanol–water partition coefficient (Wildman–Crippen LogP) is 3.29. The lowest BCUT2D eigenvalue weighted by Gasteiger charge is -2.25. The molecule has 1 aromatic heterocycles. The van der Waals surface area contributed by atoms with E-state index in [0.29, 0.717) is 5.69 Å². The Morgan fingerprint density at radius 3 is 2.60 bits per heavy atom. The van der Waals surface area contributed by atoms with Gasteiger partial charge in [0.05, 0.1) is 11.6 Å². The zero-order valence-electron chi connectivity index (χ0n) is 10.8. The van der Waals surface area contributed by atoms with Crippen molar-refractivity contribution in [2.45, 2.75) is 13.0 Å². The molecular formula is C15H12ClN3O. The number of carbonyl (C=O) groups is 1. The number of nitrogens with zero attached hydrogens (tertiary/aromatic N) is 3. The molecule has 1 amide bonds. The Morgan fingerprint density at radius 1 is 1.30 bits per heavy atom. The molecule has 4 nitrogen and oxygen atoms in total. The van der Waals surface area contributed by atoms with E-state index in [1.807, 2.05) is 18.2 Å². The molecule has 1 atom stereocenters. The van der Waals surface area contributed by atoms with Crippen molar-refractivity contribution in [3.8, 4) is 6.07 Å². The molecule has 100 valence electrons. The minimum Gasteiger partial charge on any atom is -0.292 e. The average molecular weight is 286 g/mol. The minimum atomic E-state index is -0.610. The van der Waals surface area contributed by atoms with Crippen molar-refractivity contribution < 1.29 is 4.79 Å². The molecule has 20 heavy (non-hydrogen) atoms.